The van der Waals surface area contributed by atoms with E-state index < -0.39 is 6.23 Å². The van der Waals surface area contributed by atoms with E-state index in [0.29, 0.717) is 17.9 Å². The van der Waals surface area contributed by atoms with Crippen LogP contribution in [0.2, 0.25) is 0 Å². The number of para-hydroxylation sites is 1. The molecule has 0 radical (unpaired) electrons. The summed E-state index contributed by atoms with van der Waals surface area (Å²) in [5, 5.41) is 12.0. The predicted molar refractivity (Wildman–Crippen MR) is 104 cm³/mol. The molecule has 1 unspecified atom stereocenters. The summed E-state index contributed by atoms with van der Waals surface area (Å²) in [6.07, 6.45) is -0.811. The van der Waals surface area contributed by atoms with Crippen LogP contribution in [0.4, 0.5) is 0 Å². The molecular weight excluding hydrogens is 336 g/mol. The third kappa shape index (κ3) is 2.33. The van der Waals surface area contributed by atoms with Crippen LogP contribution in [0.15, 0.2) is 77.9 Å². The number of benzene rings is 3. The zero-order valence-electron chi connectivity index (χ0n) is 14.5. The Hall–Kier alpha value is -3.55. The highest BCUT2D eigenvalue weighted by Gasteiger charge is 2.34. The molecule has 5 rings (SSSR count). The highest BCUT2D eigenvalue weighted by molar-refractivity contribution is 6.03. The molecule has 0 aliphatic carbocycles. The van der Waals surface area contributed by atoms with Gasteiger partial charge in [-0.15, -0.1) is 0 Å². The second-order valence-electron chi connectivity index (χ2n) is 6.56. The number of rotatable bonds is 1. The minimum atomic E-state index is -0.811. The van der Waals surface area contributed by atoms with Crippen LogP contribution in [0, 0.1) is 11.3 Å². The Bertz CT molecular complexity index is 1180. The Morgan fingerprint density at radius 3 is 2.56 bits per heavy atom. The molecule has 1 atom stereocenters. The second kappa shape index (κ2) is 6.01. The van der Waals surface area contributed by atoms with E-state index in [1.807, 2.05) is 48.5 Å². The Kier molecular flexibility index (Phi) is 3.49. The number of fused-ring (bicyclic) bond motifs is 3. The van der Waals surface area contributed by atoms with E-state index in [1.54, 1.807) is 0 Å². The standard InChI is InChI=1S/C23H16N2O2/c24-12-18-21(16-10-5-7-14-6-1-2-8-15(14)16)19-13-26-20-11-4-3-9-17(20)22(19)27-23(18)25/h1-11,23H,13,25H2. The molecule has 130 valence electrons. The number of hydrogen-bond donors (Lipinski definition) is 1. The predicted octanol–water partition coefficient (Wildman–Crippen LogP) is 4.24. The molecule has 2 heterocycles. The number of nitrogens with two attached hydrogens (primary N) is 1. The summed E-state index contributed by atoms with van der Waals surface area (Å²) in [6, 6.07) is 24.2. The summed E-state index contributed by atoms with van der Waals surface area (Å²) in [7, 11) is 0. The fraction of sp³-hybridized carbons (Fsp3) is 0.0870. The van der Waals surface area contributed by atoms with Crippen LogP contribution in [-0.4, -0.2) is 12.8 Å². The molecule has 27 heavy (non-hydrogen) atoms. The zero-order chi connectivity index (χ0) is 18.4. The summed E-state index contributed by atoms with van der Waals surface area (Å²) in [5.74, 6) is 1.47. The number of ether oxygens (including phenoxy) is 2. The van der Waals surface area contributed by atoms with Gasteiger partial charge < -0.3 is 9.47 Å². The first kappa shape index (κ1) is 15.7. The first-order valence-corrected chi connectivity index (χ1v) is 8.78. The summed E-state index contributed by atoms with van der Waals surface area (Å²) < 4.78 is 11.9. The van der Waals surface area contributed by atoms with E-state index in [2.05, 4.69) is 24.3 Å². The van der Waals surface area contributed by atoms with Gasteiger partial charge in [-0.3, -0.25) is 5.73 Å². The number of nitrogens with zero attached hydrogens (tertiary/aromatic N) is 1. The molecular formula is C23H16N2O2. The SMILES string of the molecule is N#CC1=C(c2cccc3ccccc23)C2=C(OC1N)c1ccccc1OC2. The summed E-state index contributed by atoms with van der Waals surface area (Å²) in [6.45, 7) is 0.336. The maximum Gasteiger partial charge on any atom is 0.184 e. The van der Waals surface area contributed by atoms with E-state index in [0.717, 1.165) is 38.8 Å². The molecule has 0 bridgehead atoms. The molecule has 3 aromatic carbocycles. The van der Waals surface area contributed by atoms with E-state index >= 15 is 0 Å². The smallest absolute Gasteiger partial charge is 0.184 e. The van der Waals surface area contributed by atoms with Gasteiger partial charge in [0.05, 0.1) is 11.1 Å². The van der Waals surface area contributed by atoms with E-state index in [1.165, 1.54) is 0 Å². The first-order valence-electron chi connectivity index (χ1n) is 8.78. The molecule has 2 N–H and O–H groups in total. The van der Waals surface area contributed by atoms with Gasteiger partial charge in [0.1, 0.15) is 24.2 Å². The van der Waals surface area contributed by atoms with Gasteiger partial charge in [-0.05, 0) is 28.5 Å². The van der Waals surface area contributed by atoms with Gasteiger partial charge in [0.2, 0.25) is 0 Å². The number of hydrogen-bond acceptors (Lipinski definition) is 4. The molecule has 0 fully saturated rings. The fourth-order valence-electron chi connectivity index (χ4n) is 3.84. The average molecular weight is 352 g/mol. The highest BCUT2D eigenvalue weighted by atomic mass is 16.5. The van der Waals surface area contributed by atoms with Gasteiger partial charge in [0, 0.05) is 11.1 Å². The topological polar surface area (TPSA) is 68.3 Å². The lowest BCUT2D eigenvalue weighted by atomic mass is 9.85. The average Bonchev–Trinajstić information content (AvgIpc) is 2.72. The van der Waals surface area contributed by atoms with E-state index in [9.17, 15) is 5.26 Å². The maximum absolute atomic E-state index is 9.82. The minimum absolute atomic E-state index is 0.336. The van der Waals surface area contributed by atoms with Gasteiger partial charge in [0.25, 0.3) is 0 Å². The monoisotopic (exact) mass is 352 g/mol. The van der Waals surface area contributed by atoms with Gasteiger partial charge in [-0.2, -0.15) is 5.26 Å². The molecule has 2 aliphatic heterocycles. The van der Waals surface area contributed by atoms with Crippen LogP contribution >= 0.6 is 0 Å². The quantitative estimate of drug-likeness (QED) is 0.711. The van der Waals surface area contributed by atoms with Crippen LogP contribution < -0.4 is 10.5 Å². The summed E-state index contributed by atoms with van der Waals surface area (Å²) >= 11 is 0. The Morgan fingerprint density at radius 2 is 1.67 bits per heavy atom. The molecule has 0 saturated carbocycles. The maximum atomic E-state index is 9.82. The van der Waals surface area contributed by atoms with Crippen LogP contribution in [-0.2, 0) is 4.74 Å². The largest absolute Gasteiger partial charge is 0.488 e. The lowest BCUT2D eigenvalue weighted by molar-refractivity contribution is 0.197. The molecule has 0 amide bonds. The Labute approximate surface area is 156 Å². The number of nitriles is 1. The van der Waals surface area contributed by atoms with Crippen molar-refractivity contribution in [3.63, 3.8) is 0 Å². The van der Waals surface area contributed by atoms with Crippen molar-refractivity contribution in [3.05, 3.63) is 89.0 Å². The van der Waals surface area contributed by atoms with Gasteiger partial charge in [0.15, 0.2) is 6.23 Å². The van der Waals surface area contributed by atoms with Crippen LogP contribution in [0.1, 0.15) is 11.1 Å². The van der Waals surface area contributed by atoms with E-state index in [-0.39, 0.29) is 0 Å². The fourth-order valence-corrected chi connectivity index (χ4v) is 3.84. The molecule has 0 aromatic heterocycles. The second-order valence-corrected chi connectivity index (χ2v) is 6.56. The normalized spacial score (nSPS) is 18.3. The molecule has 3 aromatic rings. The van der Waals surface area contributed by atoms with Crippen molar-refractivity contribution in [2.45, 2.75) is 6.23 Å². The molecule has 0 saturated heterocycles. The van der Waals surface area contributed by atoms with Crippen molar-refractivity contribution in [2.24, 2.45) is 5.73 Å². The Balaban J connectivity index is 1.83. The molecule has 2 aliphatic rings. The first-order chi connectivity index (χ1) is 13.3. The van der Waals surface area contributed by atoms with Crippen LogP contribution in [0.25, 0.3) is 22.1 Å². The third-order valence-corrected chi connectivity index (χ3v) is 5.06. The van der Waals surface area contributed by atoms with Crippen LogP contribution in [0.5, 0.6) is 5.75 Å². The minimum Gasteiger partial charge on any atom is -0.488 e. The van der Waals surface area contributed by atoms with E-state index in [4.69, 9.17) is 15.2 Å². The van der Waals surface area contributed by atoms with Crippen molar-refractivity contribution in [1.82, 2.24) is 0 Å². The lowest BCUT2D eigenvalue weighted by Crippen LogP contribution is -2.32. The molecule has 0 spiro atoms. The van der Waals surface area contributed by atoms with Crippen LogP contribution in [0.3, 0.4) is 0 Å². The molecule has 4 nitrogen and oxygen atoms in total. The highest BCUT2D eigenvalue weighted by Crippen LogP contribution is 2.45. The summed E-state index contributed by atoms with van der Waals surface area (Å²) in [4.78, 5) is 0. The van der Waals surface area contributed by atoms with Crippen molar-refractivity contribution in [2.75, 3.05) is 6.61 Å². The van der Waals surface area contributed by atoms with Gasteiger partial charge in [-0.25, -0.2) is 0 Å². The van der Waals surface area contributed by atoms with Crippen molar-refractivity contribution in [3.8, 4) is 11.8 Å². The van der Waals surface area contributed by atoms with Gasteiger partial charge in [-0.1, -0.05) is 54.6 Å². The lowest BCUT2D eigenvalue weighted by Gasteiger charge is -2.32. The van der Waals surface area contributed by atoms with Crippen molar-refractivity contribution in [1.29, 1.82) is 5.26 Å². The zero-order valence-corrected chi connectivity index (χ0v) is 14.5. The van der Waals surface area contributed by atoms with Gasteiger partial charge >= 0.3 is 0 Å². The summed E-state index contributed by atoms with van der Waals surface area (Å²) in [5.41, 5.74) is 10.2. The van der Waals surface area contributed by atoms with Crippen molar-refractivity contribution < 1.29 is 9.47 Å². The Morgan fingerprint density at radius 1 is 0.926 bits per heavy atom. The van der Waals surface area contributed by atoms with Crippen molar-refractivity contribution >= 4 is 22.1 Å². The molecule has 4 heteroatoms. The third-order valence-electron chi connectivity index (χ3n) is 5.06.